The monoisotopic (exact) mass is 144 g/mol. The topological polar surface area (TPSA) is 17.1 Å². The third kappa shape index (κ3) is 1.83. The molecule has 50 valence electrons. The number of allylic oxidation sites excluding steroid dienone is 2. The molecule has 0 heterocycles. The molecule has 0 N–H and O–H groups in total. The van der Waals surface area contributed by atoms with Crippen LogP contribution in [0.15, 0.2) is 11.6 Å². The molecule has 0 aliphatic heterocycles. The van der Waals surface area contributed by atoms with Gasteiger partial charge in [-0.15, -0.1) is 11.6 Å². The van der Waals surface area contributed by atoms with Gasteiger partial charge in [0, 0.05) is 12.3 Å². The zero-order valence-corrected chi connectivity index (χ0v) is 5.95. The van der Waals surface area contributed by atoms with Gasteiger partial charge < -0.3 is 0 Å². The lowest BCUT2D eigenvalue weighted by Crippen LogP contribution is -2.02. The van der Waals surface area contributed by atoms with Crippen molar-refractivity contribution >= 4 is 17.4 Å². The molecule has 0 aromatic rings. The first-order chi connectivity index (χ1) is 4.33. The van der Waals surface area contributed by atoms with Gasteiger partial charge in [0.25, 0.3) is 0 Å². The Morgan fingerprint density at radius 3 is 2.78 bits per heavy atom. The van der Waals surface area contributed by atoms with Crippen molar-refractivity contribution in [3.63, 3.8) is 0 Å². The molecule has 0 aromatic heterocycles. The quantitative estimate of drug-likeness (QED) is 0.514. The minimum atomic E-state index is 0.233. The van der Waals surface area contributed by atoms with Crippen LogP contribution in [0.4, 0.5) is 0 Å². The molecule has 0 saturated heterocycles. The van der Waals surface area contributed by atoms with Gasteiger partial charge in [-0.3, -0.25) is 4.79 Å². The minimum absolute atomic E-state index is 0.233. The molecule has 1 aliphatic carbocycles. The lowest BCUT2D eigenvalue weighted by atomic mass is 10.0. The average molecular weight is 145 g/mol. The van der Waals surface area contributed by atoms with Crippen LogP contribution in [0, 0.1) is 0 Å². The predicted molar refractivity (Wildman–Crippen MR) is 37.7 cm³/mol. The van der Waals surface area contributed by atoms with Gasteiger partial charge in [-0.25, -0.2) is 0 Å². The Bertz CT molecular complexity index is 149. The Morgan fingerprint density at radius 2 is 2.33 bits per heavy atom. The highest BCUT2D eigenvalue weighted by atomic mass is 35.5. The number of alkyl halides is 1. The molecule has 0 unspecified atom stereocenters. The Morgan fingerprint density at radius 1 is 1.56 bits per heavy atom. The molecule has 1 aliphatic rings. The third-order valence-electron chi connectivity index (χ3n) is 1.46. The van der Waals surface area contributed by atoms with E-state index in [1.165, 1.54) is 0 Å². The van der Waals surface area contributed by atoms with E-state index in [9.17, 15) is 4.79 Å². The number of carbonyl (C=O) groups excluding carboxylic acids is 1. The maximum absolute atomic E-state index is 10.7. The first kappa shape index (κ1) is 6.81. The molecule has 0 atom stereocenters. The zero-order chi connectivity index (χ0) is 6.69. The van der Waals surface area contributed by atoms with Crippen LogP contribution in [0.5, 0.6) is 0 Å². The van der Waals surface area contributed by atoms with E-state index in [0.717, 1.165) is 18.4 Å². The number of ketones is 1. The maximum atomic E-state index is 10.7. The summed E-state index contributed by atoms with van der Waals surface area (Å²) < 4.78 is 0. The smallest absolute Gasteiger partial charge is 0.155 e. The predicted octanol–water partition coefficient (Wildman–Crippen LogP) is 1.90. The molecular weight excluding hydrogens is 136 g/mol. The SMILES string of the molecule is O=C1C=C(CCl)CCC1. The first-order valence-corrected chi connectivity index (χ1v) is 3.64. The minimum Gasteiger partial charge on any atom is -0.295 e. The summed E-state index contributed by atoms with van der Waals surface area (Å²) in [5.41, 5.74) is 1.09. The average Bonchev–Trinajstić information content (AvgIpc) is 1.88. The van der Waals surface area contributed by atoms with Crippen molar-refractivity contribution < 1.29 is 4.79 Å². The lowest BCUT2D eigenvalue weighted by Gasteiger charge is -2.07. The third-order valence-corrected chi connectivity index (χ3v) is 1.80. The molecule has 0 saturated carbocycles. The van der Waals surface area contributed by atoms with E-state index in [1.54, 1.807) is 6.08 Å². The molecular formula is C7H9ClO. The Balaban J connectivity index is 2.59. The van der Waals surface area contributed by atoms with E-state index in [1.807, 2.05) is 0 Å². The van der Waals surface area contributed by atoms with Gasteiger partial charge >= 0.3 is 0 Å². The summed E-state index contributed by atoms with van der Waals surface area (Å²) in [6.07, 6.45) is 4.38. The molecule has 0 fully saturated rings. The summed E-state index contributed by atoms with van der Waals surface area (Å²) in [6.45, 7) is 0. The van der Waals surface area contributed by atoms with E-state index in [-0.39, 0.29) is 5.78 Å². The van der Waals surface area contributed by atoms with Crippen LogP contribution in [-0.2, 0) is 4.79 Å². The summed E-state index contributed by atoms with van der Waals surface area (Å²) in [4.78, 5) is 10.7. The van der Waals surface area contributed by atoms with E-state index in [2.05, 4.69) is 0 Å². The molecule has 0 aromatic carbocycles. The molecule has 0 radical (unpaired) electrons. The van der Waals surface area contributed by atoms with Crippen molar-refractivity contribution in [3.05, 3.63) is 11.6 Å². The normalized spacial score (nSPS) is 19.7. The number of hydrogen-bond donors (Lipinski definition) is 0. The summed E-state index contributed by atoms with van der Waals surface area (Å²) >= 11 is 5.53. The summed E-state index contributed by atoms with van der Waals surface area (Å²) in [5.74, 6) is 0.753. The van der Waals surface area contributed by atoms with E-state index in [4.69, 9.17) is 11.6 Å². The molecule has 1 rings (SSSR count). The fraction of sp³-hybridized carbons (Fsp3) is 0.571. The fourth-order valence-corrected chi connectivity index (χ4v) is 1.18. The highest BCUT2D eigenvalue weighted by Gasteiger charge is 2.07. The highest BCUT2D eigenvalue weighted by Crippen LogP contribution is 2.15. The van der Waals surface area contributed by atoms with Gasteiger partial charge in [-0.1, -0.05) is 5.57 Å². The Kier molecular flexibility index (Phi) is 2.29. The largest absolute Gasteiger partial charge is 0.295 e. The Hall–Kier alpha value is -0.300. The number of halogens is 1. The van der Waals surface area contributed by atoms with Crippen molar-refractivity contribution in [1.29, 1.82) is 0 Å². The van der Waals surface area contributed by atoms with Crippen molar-refractivity contribution in [3.8, 4) is 0 Å². The van der Waals surface area contributed by atoms with Crippen LogP contribution >= 0.6 is 11.6 Å². The maximum Gasteiger partial charge on any atom is 0.155 e. The van der Waals surface area contributed by atoms with Gasteiger partial charge in [0.05, 0.1) is 0 Å². The Labute approximate surface area is 59.7 Å². The molecule has 0 bridgehead atoms. The molecule has 2 heteroatoms. The van der Waals surface area contributed by atoms with E-state index >= 15 is 0 Å². The van der Waals surface area contributed by atoms with Crippen molar-refractivity contribution in [2.75, 3.05) is 5.88 Å². The summed E-state index contributed by atoms with van der Waals surface area (Å²) in [5, 5.41) is 0. The summed E-state index contributed by atoms with van der Waals surface area (Å²) in [6, 6.07) is 0. The number of rotatable bonds is 1. The van der Waals surface area contributed by atoms with Gasteiger partial charge in [0.15, 0.2) is 5.78 Å². The van der Waals surface area contributed by atoms with Crippen LogP contribution < -0.4 is 0 Å². The van der Waals surface area contributed by atoms with Gasteiger partial charge in [0.2, 0.25) is 0 Å². The van der Waals surface area contributed by atoms with Crippen LogP contribution in [0.3, 0.4) is 0 Å². The van der Waals surface area contributed by atoms with Crippen molar-refractivity contribution in [1.82, 2.24) is 0 Å². The number of hydrogen-bond acceptors (Lipinski definition) is 1. The molecule has 0 amide bonds. The molecule has 0 spiro atoms. The lowest BCUT2D eigenvalue weighted by molar-refractivity contribution is -0.115. The summed E-state index contributed by atoms with van der Waals surface area (Å²) in [7, 11) is 0. The molecule has 1 nitrogen and oxygen atoms in total. The van der Waals surface area contributed by atoms with Gasteiger partial charge in [0.1, 0.15) is 0 Å². The van der Waals surface area contributed by atoms with Gasteiger partial charge in [-0.2, -0.15) is 0 Å². The first-order valence-electron chi connectivity index (χ1n) is 3.11. The van der Waals surface area contributed by atoms with E-state index < -0.39 is 0 Å². The van der Waals surface area contributed by atoms with Crippen LogP contribution in [-0.4, -0.2) is 11.7 Å². The zero-order valence-electron chi connectivity index (χ0n) is 5.19. The van der Waals surface area contributed by atoms with Crippen molar-refractivity contribution in [2.45, 2.75) is 19.3 Å². The van der Waals surface area contributed by atoms with Crippen LogP contribution in [0.25, 0.3) is 0 Å². The van der Waals surface area contributed by atoms with Gasteiger partial charge in [-0.05, 0) is 18.9 Å². The van der Waals surface area contributed by atoms with Crippen LogP contribution in [0.1, 0.15) is 19.3 Å². The number of carbonyl (C=O) groups is 1. The molecule has 9 heavy (non-hydrogen) atoms. The second kappa shape index (κ2) is 3.02. The van der Waals surface area contributed by atoms with Crippen LogP contribution in [0.2, 0.25) is 0 Å². The van der Waals surface area contributed by atoms with Crippen molar-refractivity contribution in [2.24, 2.45) is 0 Å². The van der Waals surface area contributed by atoms with E-state index in [0.29, 0.717) is 12.3 Å². The standard InChI is InChI=1S/C7H9ClO/c8-5-6-2-1-3-7(9)4-6/h4H,1-3,5H2. The second-order valence-corrected chi connectivity index (χ2v) is 2.52. The highest BCUT2D eigenvalue weighted by molar-refractivity contribution is 6.19. The fourth-order valence-electron chi connectivity index (χ4n) is 0.967. The second-order valence-electron chi connectivity index (χ2n) is 2.26.